The molecule has 0 fully saturated rings. The van der Waals surface area contributed by atoms with E-state index in [0.29, 0.717) is 10.6 Å². The lowest BCUT2D eigenvalue weighted by atomic mass is 10.3. The van der Waals surface area contributed by atoms with Gasteiger partial charge in [0.1, 0.15) is 0 Å². The Kier molecular flexibility index (Phi) is 2.68. The molecule has 1 aromatic rings. The Labute approximate surface area is 73.3 Å². The van der Waals surface area contributed by atoms with E-state index in [0.717, 1.165) is 0 Å². The van der Waals surface area contributed by atoms with Crippen LogP contribution in [0.25, 0.3) is 0 Å². The van der Waals surface area contributed by atoms with E-state index in [2.05, 4.69) is 10.1 Å². The Hall–Kier alpha value is -0.800. The predicted molar refractivity (Wildman–Crippen MR) is 43.4 cm³/mol. The van der Waals surface area contributed by atoms with E-state index in [1.807, 2.05) is 0 Å². The van der Waals surface area contributed by atoms with Gasteiger partial charge in [0.15, 0.2) is 5.17 Å². The maximum absolute atomic E-state index is 8.29. The van der Waals surface area contributed by atoms with Crippen molar-refractivity contribution in [3.63, 3.8) is 0 Å². The molecule has 0 unspecified atom stereocenters. The molecule has 58 valence electrons. The highest BCUT2D eigenvalue weighted by Gasteiger charge is 2.04. The van der Waals surface area contributed by atoms with Crippen LogP contribution >= 0.6 is 23.2 Å². The zero-order valence-electron chi connectivity index (χ0n) is 5.33. The maximum atomic E-state index is 8.29. The first-order valence-corrected chi connectivity index (χ1v) is 3.48. The minimum absolute atomic E-state index is 0.0441. The lowest BCUT2D eigenvalue weighted by Gasteiger charge is -1.96. The van der Waals surface area contributed by atoms with Crippen LogP contribution in [0.2, 0.25) is 5.02 Å². The van der Waals surface area contributed by atoms with Crippen molar-refractivity contribution in [2.24, 2.45) is 5.16 Å². The van der Waals surface area contributed by atoms with Crippen molar-refractivity contribution in [3.8, 4) is 0 Å². The Balaban J connectivity index is 3.14. The number of oxime groups is 1. The quantitative estimate of drug-likeness (QED) is 0.419. The van der Waals surface area contributed by atoms with Gasteiger partial charge in [0.05, 0.1) is 5.02 Å². The molecular formula is C6H4Cl2N2O. The fourth-order valence-corrected chi connectivity index (χ4v) is 1.02. The van der Waals surface area contributed by atoms with Crippen LogP contribution in [0.15, 0.2) is 23.6 Å². The second-order valence-electron chi connectivity index (χ2n) is 1.75. The van der Waals surface area contributed by atoms with Crippen LogP contribution in [-0.2, 0) is 0 Å². The van der Waals surface area contributed by atoms with Gasteiger partial charge in [-0.2, -0.15) is 0 Å². The number of nitrogens with zero attached hydrogens (tertiary/aromatic N) is 2. The molecule has 0 saturated carbocycles. The number of hydrogen-bond donors (Lipinski definition) is 1. The molecule has 0 saturated heterocycles. The summed E-state index contributed by atoms with van der Waals surface area (Å²) in [5.74, 6) is 0. The molecular weight excluding hydrogens is 187 g/mol. The average Bonchev–Trinajstić information content (AvgIpc) is 2.04. The van der Waals surface area contributed by atoms with Crippen molar-refractivity contribution in [2.45, 2.75) is 0 Å². The van der Waals surface area contributed by atoms with E-state index in [4.69, 9.17) is 28.4 Å². The topological polar surface area (TPSA) is 45.5 Å². The Bertz CT molecular complexity index is 288. The molecule has 0 aliphatic carbocycles. The van der Waals surface area contributed by atoms with Crippen LogP contribution in [0.4, 0.5) is 0 Å². The second kappa shape index (κ2) is 3.55. The second-order valence-corrected chi connectivity index (χ2v) is 2.51. The largest absolute Gasteiger partial charge is 0.410 e. The van der Waals surface area contributed by atoms with Gasteiger partial charge in [0.2, 0.25) is 0 Å². The van der Waals surface area contributed by atoms with Crippen LogP contribution in [0, 0.1) is 0 Å². The van der Waals surface area contributed by atoms with Crippen LogP contribution in [0.3, 0.4) is 0 Å². The van der Waals surface area contributed by atoms with Crippen molar-refractivity contribution >= 4 is 28.4 Å². The Morgan fingerprint density at radius 2 is 2.36 bits per heavy atom. The third kappa shape index (κ3) is 1.82. The van der Waals surface area contributed by atoms with Gasteiger partial charge in [-0.15, -0.1) is 0 Å². The van der Waals surface area contributed by atoms with Gasteiger partial charge >= 0.3 is 0 Å². The van der Waals surface area contributed by atoms with E-state index in [-0.39, 0.29) is 5.17 Å². The molecule has 5 heteroatoms. The minimum Gasteiger partial charge on any atom is -0.410 e. The normalized spacial score (nSPS) is 11.6. The molecule has 0 spiro atoms. The highest BCUT2D eigenvalue weighted by molar-refractivity contribution is 6.70. The number of halogens is 2. The Morgan fingerprint density at radius 3 is 2.91 bits per heavy atom. The summed E-state index contributed by atoms with van der Waals surface area (Å²) in [7, 11) is 0. The van der Waals surface area contributed by atoms with Crippen molar-refractivity contribution in [1.82, 2.24) is 4.98 Å². The maximum Gasteiger partial charge on any atom is 0.176 e. The predicted octanol–water partition coefficient (Wildman–Crippen LogP) is 2.11. The first-order valence-electron chi connectivity index (χ1n) is 2.73. The monoisotopic (exact) mass is 190 g/mol. The van der Waals surface area contributed by atoms with Crippen LogP contribution in [0.5, 0.6) is 0 Å². The van der Waals surface area contributed by atoms with Gasteiger partial charge in [-0.05, 0) is 6.07 Å². The lowest BCUT2D eigenvalue weighted by molar-refractivity contribution is 0.321. The summed E-state index contributed by atoms with van der Waals surface area (Å²) in [4.78, 5) is 3.73. The van der Waals surface area contributed by atoms with Gasteiger partial charge in [-0.1, -0.05) is 28.4 Å². The van der Waals surface area contributed by atoms with E-state index in [1.54, 1.807) is 6.07 Å². The summed E-state index contributed by atoms with van der Waals surface area (Å²) in [6.45, 7) is 0. The molecule has 1 rings (SSSR count). The third-order valence-corrected chi connectivity index (χ3v) is 1.66. The molecule has 0 amide bonds. The van der Waals surface area contributed by atoms with Gasteiger partial charge in [0.25, 0.3) is 0 Å². The van der Waals surface area contributed by atoms with Crippen LogP contribution in [0.1, 0.15) is 5.56 Å². The molecule has 0 aromatic carbocycles. The fourth-order valence-electron chi connectivity index (χ4n) is 0.596. The molecule has 0 atom stereocenters. The number of aromatic nitrogens is 1. The van der Waals surface area contributed by atoms with Crippen molar-refractivity contribution in [1.29, 1.82) is 0 Å². The van der Waals surface area contributed by atoms with Gasteiger partial charge < -0.3 is 5.21 Å². The molecule has 3 nitrogen and oxygen atoms in total. The minimum atomic E-state index is -0.0441. The van der Waals surface area contributed by atoms with Crippen LogP contribution in [-0.4, -0.2) is 15.4 Å². The zero-order valence-corrected chi connectivity index (χ0v) is 6.84. The smallest absolute Gasteiger partial charge is 0.176 e. The molecule has 1 aromatic heterocycles. The van der Waals surface area contributed by atoms with Crippen molar-refractivity contribution in [2.75, 3.05) is 0 Å². The van der Waals surface area contributed by atoms with Crippen LogP contribution < -0.4 is 0 Å². The summed E-state index contributed by atoms with van der Waals surface area (Å²) < 4.78 is 0. The summed E-state index contributed by atoms with van der Waals surface area (Å²) in [6.07, 6.45) is 2.93. The molecule has 0 aliphatic heterocycles. The molecule has 0 bridgehead atoms. The molecule has 0 radical (unpaired) electrons. The number of hydrogen-bond acceptors (Lipinski definition) is 3. The van der Waals surface area contributed by atoms with E-state index >= 15 is 0 Å². The average molecular weight is 191 g/mol. The highest BCUT2D eigenvalue weighted by Crippen LogP contribution is 2.15. The number of pyridine rings is 1. The van der Waals surface area contributed by atoms with E-state index in [1.165, 1.54) is 12.4 Å². The summed E-state index contributed by atoms with van der Waals surface area (Å²) in [5.41, 5.74) is 0.464. The first-order chi connectivity index (χ1) is 5.25. The summed E-state index contributed by atoms with van der Waals surface area (Å²) in [5, 5.41) is 11.4. The molecule has 1 N–H and O–H groups in total. The fraction of sp³-hybridized carbons (Fsp3) is 0. The molecule has 0 aliphatic rings. The van der Waals surface area contributed by atoms with Gasteiger partial charge in [0, 0.05) is 18.0 Å². The lowest BCUT2D eigenvalue weighted by Crippen LogP contribution is -1.92. The van der Waals surface area contributed by atoms with Crippen molar-refractivity contribution < 1.29 is 5.21 Å². The summed E-state index contributed by atoms with van der Waals surface area (Å²) in [6, 6.07) is 1.56. The molecule has 1 heterocycles. The first kappa shape index (κ1) is 8.30. The highest BCUT2D eigenvalue weighted by atomic mass is 35.5. The standard InChI is InChI=1S/C6H4Cl2N2O/c7-5-3-9-2-1-4(5)6(8)10-11/h1-3,11H/b10-6-. The van der Waals surface area contributed by atoms with Crippen molar-refractivity contribution in [3.05, 3.63) is 29.0 Å². The summed E-state index contributed by atoms with van der Waals surface area (Å²) >= 11 is 11.1. The molecule has 11 heavy (non-hydrogen) atoms. The number of rotatable bonds is 1. The van der Waals surface area contributed by atoms with E-state index < -0.39 is 0 Å². The van der Waals surface area contributed by atoms with Gasteiger partial charge in [-0.3, -0.25) is 4.98 Å². The van der Waals surface area contributed by atoms with Gasteiger partial charge in [-0.25, -0.2) is 0 Å². The van der Waals surface area contributed by atoms with E-state index in [9.17, 15) is 0 Å². The zero-order chi connectivity index (χ0) is 8.27. The third-order valence-electron chi connectivity index (χ3n) is 1.08. The SMILES string of the molecule is O/N=C(\Cl)c1ccncc1Cl. The Morgan fingerprint density at radius 1 is 1.64 bits per heavy atom.